The maximum atomic E-state index is 12.6. The van der Waals surface area contributed by atoms with Crippen molar-refractivity contribution in [3.05, 3.63) is 82.3 Å². The van der Waals surface area contributed by atoms with Crippen LogP contribution in [0, 0.1) is 13.8 Å². The van der Waals surface area contributed by atoms with Crippen LogP contribution in [-0.2, 0) is 22.7 Å². The highest BCUT2D eigenvalue weighted by Gasteiger charge is 2.19. The van der Waals surface area contributed by atoms with Gasteiger partial charge in [0.2, 0.25) is 17.2 Å². The third-order valence-electron chi connectivity index (χ3n) is 5.53. The van der Waals surface area contributed by atoms with E-state index in [1.807, 2.05) is 19.1 Å². The van der Waals surface area contributed by atoms with Crippen LogP contribution in [0.1, 0.15) is 11.3 Å². The van der Waals surface area contributed by atoms with Gasteiger partial charge >= 0.3 is 0 Å². The number of aromatic hydroxyl groups is 2. The summed E-state index contributed by atoms with van der Waals surface area (Å²) >= 11 is 0. The van der Waals surface area contributed by atoms with Crippen molar-refractivity contribution in [2.75, 3.05) is 5.32 Å². The molecule has 0 saturated carbocycles. The van der Waals surface area contributed by atoms with Crippen molar-refractivity contribution in [3.63, 3.8) is 0 Å². The molecule has 0 unspecified atom stereocenters. The third kappa shape index (κ3) is 4.96. The second kappa shape index (κ2) is 9.64. The summed E-state index contributed by atoms with van der Waals surface area (Å²) in [4.78, 5) is 36.5. The Morgan fingerprint density at radius 1 is 0.971 bits per heavy atom. The molecule has 2 heterocycles. The standard InChI is InChI=1S/C25H23N5O5/c1-15-7-9-17(10-8-15)26-21(32)14-30-19-6-4-3-5-18(19)23(25(30)35)28-27-22(33)13-29-12-11-20(31)24(34)16(29)2/h3-12,34-35H,13-14H2,1-2H3,(H,26,32). The summed E-state index contributed by atoms with van der Waals surface area (Å²) in [6, 6.07) is 15.4. The number of anilines is 1. The number of pyridine rings is 1. The highest BCUT2D eigenvalue weighted by Crippen LogP contribution is 2.38. The second-order valence-electron chi connectivity index (χ2n) is 8.03. The normalized spacial score (nSPS) is 11.3. The number of aryl methyl sites for hydroxylation is 1. The number of hydrogen-bond donors (Lipinski definition) is 3. The molecule has 178 valence electrons. The maximum absolute atomic E-state index is 12.6. The first-order chi connectivity index (χ1) is 16.7. The van der Waals surface area contributed by atoms with Gasteiger partial charge in [0.05, 0.1) is 11.2 Å². The molecule has 2 amide bonds. The molecule has 0 radical (unpaired) electrons. The molecule has 10 heteroatoms. The van der Waals surface area contributed by atoms with Crippen molar-refractivity contribution in [1.29, 1.82) is 0 Å². The number of rotatable bonds is 6. The Bertz CT molecular complexity index is 1520. The summed E-state index contributed by atoms with van der Waals surface area (Å²) in [7, 11) is 0. The average Bonchev–Trinajstić information content (AvgIpc) is 3.10. The quantitative estimate of drug-likeness (QED) is 0.366. The van der Waals surface area contributed by atoms with E-state index in [1.54, 1.807) is 36.4 Å². The monoisotopic (exact) mass is 473 g/mol. The smallest absolute Gasteiger partial charge is 0.284 e. The van der Waals surface area contributed by atoms with Crippen LogP contribution in [0.25, 0.3) is 10.9 Å². The van der Waals surface area contributed by atoms with Crippen molar-refractivity contribution >= 4 is 34.1 Å². The Morgan fingerprint density at radius 2 is 1.69 bits per heavy atom. The number of carbonyl (C=O) groups is 2. The fraction of sp³-hybridized carbons (Fsp3) is 0.160. The van der Waals surface area contributed by atoms with Crippen LogP contribution >= 0.6 is 0 Å². The van der Waals surface area contributed by atoms with Crippen molar-refractivity contribution < 1.29 is 19.8 Å². The second-order valence-corrected chi connectivity index (χ2v) is 8.03. The molecular weight excluding hydrogens is 450 g/mol. The Balaban J connectivity index is 1.57. The molecule has 0 spiro atoms. The van der Waals surface area contributed by atoms with Crippen LogP contribution < -0.4 is 10.7 Å². The molecule has 35 heavy (non-hydrogen) atoms. The topological polar surface area (TPSA) is 138 Å². The molecule has 0 atom stereocenters. The number of nitrogens with zero attached hydrogens (tertiary/aromatic N) is 4. The van der Waals surface area contributed by atoms with Gasteiger partial charge in [-0.3, -0.25) is 14.4 Å². The van der Waals surface area contributed by atoms with Crippen molar-refractivity contribution in [2.24, 2.45) is 10.2 Å². The van der Waals surface area contributed by atoms with E-state index in [-0.39, 0.29) is 36.3 Å². The summed E-state index contributed by atoms with van der Waals surface area (Å²) < 4.78 is 2.76. The molecule has 2 aromatic heterocycles. The molecule has 0 fully saturated rings. The van der Waals surface area contributed by atoms with Gasteiger partial charge in [-0.05, 0) is 32.0 Å². The summed E-state index contributed by atoms with van der Waals surface area (Å²) in [6.45, 7) is 3.01. The number of carbonyl (C=O) groups excluding carboxylic acids is 2. The maximum Gasteiger partial charge on any atom is 0.284 e. The first-order valence-corrected chi connectivity index (χ1v) is 10.7. The van der Waals surface area contributed by atoms with Crippen LogP contribution in [0.5, 0.6) is 11.6 Å². The fourth-order valence-electron chi connectivity index (χ4n) is 3.63. The van der Waals surface area contributed by atoms with Gasteiger partial charge in [-0.25, -0.2) is 0 Å². The summed E-state index contributed by atoms with van der Waals surface area (Å²) in [5, 5.41) is 31.5. The third-order valence-corrected chi connectivity index (χ3v) is 5.53. The molecule has 0 aliphatic carbocycles. The van der Waals surface area contributed by atoms with Crippen LogP contribution in [0.15, 0.2) is 75.8 Å². The molecule has 4 rings (SSSR count). The lowest BCUT2D eigenvalue weighted by atomic mass is 10.2. The number of fused-ring (bicyclic) bond motifs is 1. The van der Waals surface area contributed by atoms with Gasteiger partial charge in [0.25, 0.3) is 5.91 Å². The van der Waals surface area contributed by atoms with E-state index in [2.05, 4.69) is 15.5 Å². The average molecular weight is 473 g/mol. The molecule has 4 aromatic rings. The molecule has 0 bridgehead atoms. The first-order valence-electron chi connectivity index (χ1n) is 10.7. The van der Waals surface area contributed by atoms with E-state index in [0.717, 1.165) is 11.6 Å². The number of amides is 2. The first kappa shape index (κ1) is 23.4. The molecule has 3 N–H and O–H groups in total. The number of para-hydroxylation sites is 1. The minimum Gasteiger partial charge on any atom is -0.503 e. The molecular formula is C25H23N5O5. The highest BCUT2D eigenvalue weighted by atomic mass is 16.3. The van der Waals surface area contributed by atoms with E-state index in [0.29, 0.717) is 16.6 Å². The predicted octanol–water partition coefficient (Wildman–Crippen LogP) is 3.78. The van der Waals surface area contributed by atoms with Gasteiger partial charge < -0.3 is 24.7 Å². The van der Waals surface area contributed by atoms with Gasteiger partial charge in [-0.1, -0.05) is 35.9 Å². The molecule has 2 aromatic carbocycles. The molecule has 0 aliphatic heterocycles. The molecule has 0 saturated heterocycles. The molecule has 0 aliphatic rings. The zero-order valence-corrected chi connectivity index (χ0v) is 19.1. The Hall–Kier alpha value is -4.73. The number of aromatic nitrogens is 2. The van der Waals surface area contributed by atoms with Crippen LogP contribution in [0.2, 0.25) is 0 Å². The van der Waals surface area contributed by atoms with Gasteiger partial charge in [-0.15, -0.1) is 10.2 Å². The van der Waals surface area contributed by atoms with Crippen molar-refractivity contribution in [1.82, 2.24) is 9.13 Å². The van der Waals surface area contributed by atoms with Crippen molar-refractivity contribution in [2.45, 2.75) is 26.9 Å². The number of hydrogen-bond acceptors (Lipinski definition) is 6. The lowest BCUT2D eigenvalue weighted by molar-refractivity contribution is -0.119. The lowest BCUT2D eigenvalue weighted by Gasteiger charge is -2.09. The summed E-state index contributed by atoms with van der Waals surface area (Å²) in [6.07, 6.45) is 1.38. The SMILES string of the molecule is Cc1ccc(NC(=O)Cn2c(O)c(N=NC(=O)Cn3ccc(=O)c(O)c3C)c3ccccc32)cc1. The van der Waals surface area contributed by atoms with E-state index in [4.69, 9.17) is 0 Å². The van der Waals surface area contributed by atoms with Crippen LogP contribution in [0.4, 0.5) is 11.4 Å². The van der Waals surface area contributed by atoms with Gasteiger partial charge in [0.1, 0.15) is 13.1 Å². The van der Waals surface area contributed by atoms with Crippen LogP contribution in [0.3, 0.4) is 0 Å². The minimum absolute atomic E-state index is 0.0524. The zero-order chi connectivity index (χ0) is 25.1. The predicted molar refractivity (Wildman–Crippen MR) is 130 cm³/mol. The Morgan fingerprint density at radius 3 is 2.43 bits per heavy atom. The van der Waals surface area contributed by atoms with Gasteiger partial charge in [0.15, 0.2) is 11.4 Å². The van der Waals surface area contributed by atoms with Gasteiger partial charge in [-0.2, -0.15) is 0 Å². The highest BCUT2D eigenvalue weighted by molar-refractivity contribution is 5.98. The fourth-order valence-corrected chi connectivity index (χ4v) is 3.63. The lowest BCUT2D eigenvalue weighted by Crippen LogP contribution is -2.18. The largest absolute Gasteiger partial charge is 0.503 e. The summed E-state index contributed by atoms with van der Waals surface area (Å²) in [5.74, 6) is -1.76. The molecule has 10 nitrogen and oxygen atoms in total. The number of nitrogens with one attached hydrogen (secondary N) is 1. The van der Waals surface area contributed by atoms with E-state index < -0.39 is 17.1 Å². The van der Waals surface area contributed by atoms with Gasteiger partial charge in [0, 0.05) is 23.3 Å². The summed E-state index contributed by atoms with van der Waals surface area (Å²) in [5.41, 5.74) is 1.97. The zero-order valence-electron chi connectivity index (χ0n) is 19.1. The van der Waals surface area contributed by atoms with Crippen LogP contribution in [-0.4, -0.2) is 31.2 Å². The van der Waals surface area contributed by atoms with E-state index >= 15 is 0 Å². The van der Waals surface area contributed by atoms with E-state index in [9.17, 15) is 24.6 Å². The van der Waals surface area contributed by atoms with Crippen molar-refractivity contribution in [3.8, 4) is 11.6 Å². The Kier molecular flexibility index (Phi) is 6.45. The van der Waals surface area contributed by atoms with E-state index in [1.165, 1.54) is 22.3 Å². The number of azo groups is 1. The Labute approximate surface area is 199 Å². The number of benzene rings is 2. The minimum atomic E-state index is -0.663.